The molecule has 0 radical (unpaired) electrons. The van der Waals surface area contributed by atoms with E-state index in [4.69, 9.17) is 0 Å². The average molecular weight is 430 g/mol. The molecule has 0 spiro atoms. The van der Waals surface area contributed by atoms with Gasteiger partial charge in [-0.3, -0.25) is 4.79 Å². The molecule has 0 bridgehead atoms. The summed E-state index contributed by atoms with van der Waals surface area (Å²) in [6.07, 6.45) is 0.380. The zero-order valence-electron chi connectivity index (χ0n) is 10.4. The monoisotopic (exact) mass is 429 g/mol. The Morgan fingerprint density at radius 2 is 2.05 bits per heavy atom. The van der Waals surface area contributed by atoms with Gasteiger partial charge in [-0.25, -0.2) is 0 Å². The van der Waals surface area contributed by atoms with E-state index in [2.05, 4.69) is 49.9 Å². The standard InChI is InChI=1S/C15H13BrINO/c1-10-7-13(17)5-6-14(10)18-15(19)9-11-3-2-4-12(16)8-11/h2-8H,9H2,1H3,(H,18,19). The third-order valence-electron chi connectivity index (χ3n) is 2.72. The van der Waals surface area contributed by atoms with Crippen LogP contribution in [0.5, 0.6) is 0 Å². The topological polar surface area (TPSA) is 29.1 Å². The van der Waals surface area contributed by atoms with E-state index in [-0.39, 0.29) is 5.91 Å². The summed E-state index contributed by atoms with van der Waals surface area (Å²) in [6, 6.07) is 13.8. The third-order valence-corrected chi connectivity index (χ3v) is 3.88. The number of rotatable bonds is 3. The van der Waals surface area contributed by atoms with Crippen LogP contribution in [0.1, 0.15) is 11.1 Å². The number of anilines is 1. The number of carbonyl (C=O) groups is 1. The number of benzene rings is 2. The van der Waals surface area contributed by atoms with E-state index in [0.717, 1.165) is 21.3 Å². The van der Waals surface area contributed by atoms with Crippen molar-refractivity contribution < 1.29 is 4.79 Å². The number of hydrogen-bond donors (Lipinski definition) is 1. The summed E-state index contributed by atoms with van der Waals surface area (Å²) >= 11 is 5.67. The highest BCUT2D eigenvalue weighted by Crippen LogP contribution is 2.18. The molecular formula is C15H13BrINO. The van der Waals surface area contributed by atoms with Gasteiger partial charge < -0.3 is 5.32 Å². The quantitative estimate of drug-likeness (QED) is 0.713. The maximum Gasteiger partial charge on any atom is 0.228 e. The Balaban J connectivity index is 2.05. The van der Waals surface area contributed by atoms with E-state index in [1.54, 1.807) is 0 Å². The van der Waals surface area contributed by atoms with Crippen molar-refractivity contribution in [2.24, 2.45) is 0 Å². The molecule has 1 N–H and O–H groups in total. The summed E-state index contributed by atoms with van der Waals surface area (Å²) in [5, 5.41) is 2.95. The van der Waals surface area contributed by atoms with Crippen LogP contribution in [-0.2, 0) is 11.2 Å². The number of aryl methyl sites for hydroxylation is 1. The van der Waals surface area contributed by atoms with Gasteiger partial charge in [0.05, 0.1) is 6.42 Å². The Hall–Kier alpha value is -0.880. The molecule has 0 heterocycles. The van der Waals surface area contributed by atoms with Crippen LogP contribution in [0, 0.1) is 10.5 Å². The van der Waals surface area contributed by atoms with E-state index in [1.165, 1.54) is 3.57 Å². The highest BCUT2D eigenvalue weighted by Gasteiger charge is 2.06. The van der Waals surface area contributed by atoms with Crippen LogP contribution in [-0.4, -0.2) is 5.91 Å². The van der Waals surface area contributed by atoms with Crippen molar-refractivity contribution in [3.63, 3.8) is 0 Å². The minimum atomic E-state index is 0.00223. The molecule has 0 atom stereocenters. The summed E-state index contributed by atoms with van der Waals surface area (Å²) in [7, 11) is 0. The zero-order chi connectivity index (χ0) is 13.8. The maximum absolute atomic E-state index is 12.0. The highest BCUT2D eigenvalue weighted by molar-refractivity contribution is 14.1. The fraction of sp³-hybridized carbons (Fsp3) is 0.133. The molecule has 2 nitrogen and oxygen atoms in total. The van der Waals surface area contributed by atoms with Gasteiger partial charge in [-0.15, -0.1) is 0 Å². The van der Waals surface area contributed by atoms with Crippen molar-refractivity contribution in [2.75, 3.05) is 5.32 Å². The summed E-state index contributed by atoms with van der Waals surface area (Å²) in [4.78, 5) is 12.0. The van der Waals surface area contributed by atoms with Gasteiger partial charge in [0.1, 0.15) is 0 Å². The molecule has 0 aromatic heterocycles. The second-order valence-corrected chi connectivity index (χ2v) is 6.48. The number of nitrogens with one attached hydrogen (secondary N) is 1. The molecule has 19 heavy (non-hydrogen) atoms. The first-order valence-electron chi connectivity index (χ1n) is 5.85. The molecule has 2 aromatic rings. The number of amides is 1. The van der Waals surface area contributed by atoms with Gasteiger partial charge in [-0.2, -0.15) is 0 Å². The van der Waals surface area contributed by atoms with Gasteiger partial charge in [0.15, 0.2) is 0 Å². The van der Waals surface area contributed by atoms with Crippen LogP contribution < -0.4 is 5.32 Å². The first-order chi connectivity index (χ1) is 9.04. The van der Waals surface area contributed by atoms with Crippen LogP contribution in [0.2, 0.25) is 0 Å². The van der Waals surface area contributed by atoms with Gasteiger partial charge in [-0.1, -0.05) is 28.1 Å². The first kappa shape index (κ1) is 14.5. The van der Waals surface area contributed by atoms with Crippen LogP contribution in [0.15, 0.2) is 46.9 Å². The van der Waals surface area contributed by atoms with E-state index < -0.39 is 0 Å². The fourth-order valence-corrected chi connectivity index (χ4v) is 2.89. The summed E-state index contributed by atoms with van der Waals surface area (Å²) in [6.45, 7) is 2.00. The first-order valence-corrected chi connectivity index (χ1v) is 7.72. The van der Waals surface area contributed by atoms with Gasteiger partial charge in [0.25, 0.3) is 0 Å². The Morgan fingerprint density at radius 1 is 1.26 bits per heavy atom. The average Bonchev–Trinajstić information content (AvgIpc) is 2.33. The van der Waals surface area contributed by atoms with Gasteiger partial charge in [0, 0.05) is 13.7 Å². The Morgan fingerprint density at radius 3 is 2.74 bits per heavy atom. The lowest BCUT2D eigenvalue weighted by molar-refractivity contribution is -0.115. The van der Waals surface area contributed by atoms with Gasteiger partial charge in [-0.05, 0) is 71.0 Å². The molecule has 0 saturated carbocycles. The zero-order valence-corrected chi connectivity index (χ0v) is 14.2. The second-order valence-electron chi connectivity index (χ2n) is 4.31. The van der Waals surface area contributed by atoms with Crippen molar-refractivity contribution in [2.45, 2.75) is 13.3 Å². The van der Waals surface area contributed by atoms with Crippen LogP contribution >= 0.6 is 38.5 Å². The van der Waals surface area contributed by atoms with Crippen molar-refractivity contribution in [3.05, 3.63) is 61.6 Å². The molecule has 98 valence electrons. The Labute approximate surface area is 134 Å². The molecule has 0 aliphatic rings. The van der Waals surface area contributed by atoms with E-state index in [9.17, 15) is 4.79 Å². The molecule has 0 aliphatic carbocycles. The smallest absolute Gasteiger partial charge is 0.228 e. The highest BCUT2D eigenvalue weighted by atomic mass is 127. The third kappa shape index (κ3) is 4.31. The maximum atomic E-state index is 12.0. The SMILES string of the molecule is Cc1cc(I)ccc1NC(=O)Cc1cccc(Br)c1. The summed E-state index contributed by atoms with van der Waals surface area (Å²) in [5.41, 5.74) is 2.95. The van der Waals surface area contributed by atoms with Crippen molar-refractivity contribution >= 4 is 50.1 Å². The fourth-order valence-electron chi connectivity index (χ4n) is 1.79. The summed E-state index contributed by atoms with van der Waals surface area (Å²) < 4.78 is 2.16. The molecule has 0 saturated heterocycles. The molecule has 0 aliphatic heterocycles. The molecular weight excluding hydrogens is 417 g/mol. The molecule has 2 aromatic carbocycles. The Bertz CT molecular complexity index is 613. The minimum absolute atomic E-state index is 0.00223. The number of halogens is 2. The van der Waals surface area contributed by atoms with Crippen LogP contribution in [0.3, 0.4) is 0 Å². The van der Waals surface area contributed by atoms with Gasteiger partial charge in [0.2, 0.25) is 5.91 Å². The molecule has 0 fully saturated rings. The second kappa shape index (κ2) is 6.52. The van der Waals surface area contributed by atoms with Crippen molar-refractivity contribution in [1.29, 1.82) is 0 Å². The van der Waals surface area contributed by atoms with E-state index >= 15 is 0 Å². The molecule has 4 heteroatoms. The Kier molecular flexibility index (Phi) is 4.99. The predicted molar refractivity (Wildman–Crippen MR) is 90.4 cm³/mol. The molecule has 0 unspecified atom stereocenters. The number of hydrogen-bond acceptors (Lipinski definition) is 1. The summed E-state index contributed by atoms with van der Waals surface area (Å²) in [5.74, 6) is 0.00223. The minimum Gasteiger partial charge on any atom is -0.326 e. The normalized spacial score (nSPS) is 10.3. The molecule has 1 amide bonds. The lowest BCUT2D eigenvalue weighted by Crippen LogP contribution is -2.15. The van der Waals surface area contributed by atoms with Crippen molar-refractivity contribution in [1.82, 2.24) is 0 Å². The van der Waals surface area contributed by atoms with Gasteiger partial charge >= 0.3 is 0 Å². The molecule has 2 rings (SSSR count). The number of carbonyl (C=O) groups excluding carboxylic acids is 1. The van der Waals surface area contributed by atoms with E-state index in [0.29, 0.717) is 6.42 Å². The lowest BCUT2D eigenvalue weighted by Gasteiger charge is -2.09. The van der Waals surface area contributed by atoms with Crippen LogP contribution in [0.25, 0.3) is 0 Å². The predicted octanol–water partition coefficient (Wildman–Crippen LogP) is 4.54. The van der Waals surface area contributed by atoms with Crippen LogP contribution in [0.4, 0.5) is 5.69 Å². The largest absolute Gasteiger partial charge is 0.326 e. The van der Waals surface area contributed by atoms with E-state index in [1.807, 2.05) is 43.3 Å². The van der Waals surface area contributed by atoms with Crippen molar-refractivity contribution in [3.8, 4) is 0 Å². The lowest BCUT2D eigenvalue weighted by atomic mass is 10.1.